The predicted octanol–water partition coefficient (Wildman–Crippen LogP) is 2.63. The molecule has 0 amide bonds. The number of rotatable bonds is 3. The van der Waals surface area contributed by atoms with Gasteiger partial charge in [0.2, 0.25) is 0 Å². The van der Waals surface area contributed by atoms with Crippen LogP contribution in [0.5, 0.6) is 0 Å². The molecule has 1 aliphatic rings. The number of nitrogen functional groups attached to an aromatic ring is 1. The van der Waals surface area contributed by atoms with Crippen LogP contribution in [0.25, 0.3) is 0 Å². The molecule has 4 nitrogen and oxygen atoms in total. The Bertz CT molecular complexity index is 428. The van der Waals surface area contributed by atoms with Crippen molar-refractivity contribution in [1.82, 2.24) is 9.97 Å². The van der Waals surface area contributed by atoms with Crippen LogP contribution in [0.2, 0.25) is 0 Å². The topological polar surface area (TPSA) is 63.8 Å². The third-order valence-corrected chi connectivity index (χ3v) is 4.77. The van der Waals surface area contributed by atoms with Crippen LogP contribution in [0, 0.1) is 10.8 Å². The number of nitrogens with one attached hydrogen (secondary N) is 1. The van der Waals surface area contributed by atoms with Crippen molar-refractivity contribution in [2.24, 2.45) is 10.8 Å². The van der Waals surface area contributed by atoms with Crippen LogP contribution in [-0.2, 0) is 0 Å². The van der Waals surface area contributed by atoms with Crippen molar-refractivity contribution in [3.05, 3.63) is 6.07 Å². The zero-order valence-electron chi connectivity index (χ0n) is 11.0. The Morgan fingerprint density at radius 2 is 1.82 bits per heavy atom. The number of thioether (sulfide) groups is 1. The van der Waals surface area contributed by atoms with Gasteiger partial charge in [-0.05, 0) is 17.1 Å². The fraction of sp³-hybridized carbons (Fsp3) is 0.667. The first-order valence-corrected chi connectivity index (χ1v) is 6.96. The van der Waals surface area contributed by atoms with Crippen molar-refractivity contribution >= 4 is 23.4 Å². The van der Waals surface area contributed by atoms with Gasteiger partial charge in [-0.15, -0.1) is 0 Å². The molecule has 1 aliphatic carbocycles. The SMILES string of the molecule is CSc1nc(N)cc(NC2C(C)(C)C2(C)C)n1. The summed E-state index contributed by atoms with van der Waals surface area (Å²) in [6.45, 7) is 9.07. The first-order chi connectivity index (χ1) is 7.79. The molecule has 1 aromatic rings. The Balaban J connectivity index is 2.18. The van der Waals surface area contributed by atoms with Crippen LogP contribution in [0.1, 0.15) is 27.7 Å². The molecule has 0 bridgehead atoms. The second-order valence-electron chi connectivity index (χ2n) is 5.69. The Morgan fingerprint density at radius 3 is 2.29 bits per heavy atom. The summed E-state index contributed by atoms with van der Waals surface area (Å²) >= 11 is 1.50. The lowest BCUT2D eigenvalue weighted by Crippen LogP contribution is -2.12. The van der Waals surface area contributed by atoms with Crippen LogP contribution in [-0.4, -0.2) is 22.3 Å². The van der Waals surface area contributed by atoms with E-state index in [0.717, 1.165) is 5.82 Å². The average molecular weight is 252 g/mol. The maximum Gasteiger partial charge on any atom is 0.191 e. The molecule has 3 N–H and O–H groups in total. The van der Waals surface area contributed by atoms with Crippen molar-refractivity contribution < 1.29 is 0 Å². The molecule has 0 saturated heterocycles. The first kappa shape index (κ1) is 12.5. The molecule has 5 heteroatoms. The molecule has 0 spiro atoms. The van der Waals surface area contributed by atoms with Gasteiger partial charge in [0.1, 0.15) is 11.6 Å². The van der Waals surface area contributed by atoms with Gasteiger partial charge in [0.05, 0.1) is 0 Å². The number of hydrogen-bond donors (Lipinski definition) is 2. The molecular weight excluding hydrogens is 232 g/mol. The molecule has 1 fully saturated rings. The van der Waals surface area contributed by atoms with E-state index in [4.69, 9.17) is 5.73 Å². The van der Waals surface area contributed by atoms with Crippen LogP contribution in [0.3, 0.4) is 0 Å². The van der Waals surface area contributed by atoms with E-state index in [1.54, 1.807) is 6.07 Å². The van der Waals surface area contributed by atoms with Gasteiger partial charge in [-0.1, -0.05) is 39.5 Å². The largest absolute Gasteiger partial charge is 0.383 e. The summed E-state index contributed by atoms with van der Waals surface area (Å²) in [4.78, 5) is 8.57. The summed E-state index contributed by atoms with van der Waals surface area (Å²) < 4.78 is 0. The number of nitrogens with two attached hydrogens (primary N) is 1. The van der Waals surface area contributed by atoms with Gasteiger partial charge in [-0.3, -0.25) is 0 Å². The lowest BCUT2D eigenvalue weighted by molar-refractivity contribution is 0.457. The van der Waals surface area contributed by atoms with Crippen molar-refractivity contribution in [1.29, 1.82) is 0 Å². The zero-order valence-corrected chi connectivity index (χ0v) is 11.9. The molecule has 2 rings (SSSR count). The fourth-order valence-electron chi connectivity index (χ4n) is 2.31. The van der Waals surface area contributed by atoms with Gasteiger partial charge in [0, 0.05) is 12.1 Å². The average Bonchev–Trinajstić information content (AvgIpc) is 2.60. The molecule has 0 aliphatic heterocycles. The van der Waals surface area contributed by atoms with E-state index in [0.29, 0.717) is 17.0 Å². The molecule has 17 heavy (non-hydrogen) atoms. The predicted molar refractivity (Wildman–Crippen MR) is 73.2 cm³/mol. The van der Waals surface area contributed by atoms with E-state index in [9.17, 15) is 0 Å². The van der Waals surface area contributed by atoms with Gasteiger partial charge < -0.3 is 11.1 Å². The third-order valence-electron chi connectivity index (χ3n) is 4.22. The van der Waals surface area contributed by atoms with Gasteiger partial charge in [0.25, 0.3) is 0 Å². The molecule has 1 aromatic heterocycles. The van der Waals surface area contributed by atoms with Gasteiger partial charge in [-0.25, -0.2) is 9.97 Å². The zero-order chi connectivity index (χ0) is 12.8. The monoisotopic (exact) mass is 252 g/mol. The maximum absolute atomic E-state index is 5.76. The van der Waals surface area contributed by atoms with E-state index in [2.05, 4.69) is 43.0 Å². The minimum Gasteiger partial charge on any atom is -0.383 e. The highest BCUT2D eigenvalue weighted by molar-refractivity contribution is 7.98. The first-order valence-electron chi connectivity index (χ1n) is 5.74. The molecule has 0 unspecified atom stereocenters. The lowest BCUT2D eigenvalue weighted by Gasteiger charge is -2.08. The quantitative estimate of drug-likeness (QED) is 0.639. The summed E-state index contributed by atoms with van der Waals surface area (Å²) in [6.07, 6.45) is 1.95. The standard InChI is InChI=1S/C12H20N4S/c1-11(2)9(12(11,3)4)15-8-6-7(13)14-10(16-8)17-5/h6,9H,1-5H3,(H3,13,14,15,16). The normalized spacial score (nSPS) is 21.2. The number of aromatic nitrogens is 2. The van der Waals surface area contributed by atoms with Crippen molar-refractivity contribution in [3.8, 4) is 0 Å². The summed E-state index contributed by atoms with van der Waals surface area (Å²) in [5.41, 5.74) is 6.33. The van der Waals surface area contributed by atoms with Crippen molar-refractivity contribution in [2.45, 2.75) is 38.9 Å². The third kappa shape index (κ3) is 1.97. The van der Waals surface area contributed by atoms with Crippen molar-refractivity contribution in [2.75, 3.05) is 17.3 Å². The molecule has 1 heterocycles. The minimum atomic E-state index is 0.284. The lowest BCUT2D eigenvalue weighted by atomic mass is 10.0. The Kier molecular flexibility index (Phi) is 2.77. The van der Waals surface area contributed by atoms with E-state index in [-0.39, 0.29) is 10.8 Å². The molecule has 0 atom stereocenters. The smallest absolute Gasteiger partial charge is 0.191 e. The molecular formula is C12H20N4S. The van der Waals surface area contributed by atoms with E-state index in [1.807, 2.05) is 6.26 Å². The summed E-state index contributed by atoms with van der Waals surface area (Å²) in [5.74, 6) is 1.34. The fourth-order valence-corrected chi connectivity index (χ4v) is 2.70. The highest BCUT2D eigenvalue weighted by Gasteiger charge is 2.65. The van der Waals surface area contributed by atoms with Crippen LogP contribution in [0.4, 0.5) is 11.6 Å². The Hall–Kier alpha value is -0.970. The Labute approximate surface area is 107 Å². The molecule has 0 aromatic carbocycles. The number of anilines is 2. The van der Waals surface area contributed by atoms with Gasteiger partial charge in [-0.2, -0.15) is 0 Å². The van der Waals surface area contributed by atoms with E-state index < -0.39 is 0 Å². The molecule has 0 radical (unpaired) electrons. The van der Waals surface area contributed by atoms with Crippen LogP contribution < -0.4 is 11.1 Å². The minimum absolute atomic E-state index is 0.284. The summed E-state index contributed by atoms with van der Waals surface area (Å²) in [7, 11) is 0. The number of hydrogen-bond acceptors (Lipinski definition) is 5. The van der Waals surface area contributed by atoms with Crippen LogP contribution >= 0.6 is 11.8 Å². The van der Waals surface area contributed by atoms with Gasteiger partial charge >= 0.3 is 0 Å². The number of nitrogens with zero attached hydrogens (tertiary/aromatic N) is 2. The molecule has 1 saturated carbocycles. The molecule has 94 valence electrons. The highest BCUT2D eigenvalue weighted by atomic mass is 32.2. The van der Waals surface area contributed by atoms with Gasteiger partial charge in [0.15, 0.2) is 5.16 Å². The van der Waals surface area contributed by atoms with Crippen LogP contribution in [0.15, 0.2) is 11.2 Å². The van der Waals surface area contributed by atoms with Crippen molar-refractivity contribution in [3.63, 3.8) is 0 Å². The highest BCUT2D eigenvalue weighted by Crippen LogP contribution is 2.63. The maximum atomic E-state index is 5.76. The Morgan fingerprint density at radius 1 is 1.24 bits per heavy atom. The summed E-state index contributed by atoms with van der Waals surface area (Å²) in [5, 5.41) is 4.18. The van der Waals surface area contributed by atoms with E-state index >= 15 is 0 Å². The summed E-state index contributed by atoms with van der Waals surface area (Å²) in [6, 6.07) is 2.23. The van der Waals surface area contributed by atoms with E-state index in [1.165, 1.54) is 11.8 Å². The second kappa shape index (κ2) is 3.77. The second-order valence-corrected chi connectivity index (χ2v) is 6.46.